The third-order valence-corrected chi connectivity index (χ3v) is 5.12. The van der Waals surface area contributed by atoms with Gasteiger partial charge in [0.25, 0.3) is 5.91 Å². The van der Waals surface area contributed by atoms with Crippen LogP contribution in [0.3, 0.4) is 0 Å². The molecule has 0 fully saturated rings. The summed E-state index contributed by atoms with van der Waals surface area (Å²) in [5, 5.41) is 6.10. The number of hydrogen-bond acceptors (Lipinski definition) is 4. The summed E-state index contributed by atoms with van der Waals surface area (Å²) in [5.74, 6) is -3.70. The molecule has 1 atom stereocenters. The smallest absolute Gasteiger partial charge is 0.257 e. The zero-order chi connectivity index (χ0) is 20.4. The Bertz CT molecular complexity index is 1030. The lowest BCUT2D eigenvalue weighted by Crippen LogP contribution is -2.47. The Morgan fingerprint density at radius 2 is 1.79 bits per heavy atom. The van der Waals surface area contributed by atoms with Gasteiger partial charge >= 0.3 is 0 Å². The van der Waals surface area contributed by atoms with E-state index in [1.807, 2.05) is 6.92 Å². The number of benzene rings is 2. The Morgan fingerprint density at radius 1 is 1.11 bits per heavy atom. The van der Waals surface area contributed by atoms with Gasteiger partial charge in [0.15, 0.2) is 0 Å². The summed E-state index contributed by atoms with van der Waals surface area (Å²) in [6.45, 7) is 5.37. The Morgan fingerprint density at radius 3 is 2.43 bits per heavy atom. The Hall–Kier alpha value is -2.87. The van der Waals surface area contributed by atoms with Crippen molar-refractivity contribution < 1.29 is 18.4 Å². The molecule has 0 bridgehead atoms. The molecule has 0 saturated heterocycles. The second-order valence-corrected chi connectivity index (χ2v) is 7.93. The van der Waals surface area contributed by atoms with Crippen molar-refractivity contribution >= 4 is 39.1 Å². The summed E-state index contributed by atoms with van der Waals surface area (Å²) in [6.07, 6.45) is 0. The predicted octanol–water partition coefficient (Wildman–Crippen LogP) is 4.28. The summed E-state index contributed by atoms with van der Waals surface area (Å²) in [4.78, 5) is 29.4. The van der Waals surface area contributed by atoms with Gasteiger partial charge in [-0.15, -0.1) is 11.3 Å². The number of carbonyl (C=O) groups is 2. The number of fused-ring (bicyclic) bond motifs is 1. The number of hydrogen-bond donors (Lipinski definition) is 2. The Labute approximate surface area is 164 Å². The lowest BCUT2D eigenvalue weighted by atomic mass is 10.0. The van der Waals surface area contributed by atoms with Crippen LogP contribution in [-0.2, 0) is 4.79 Å². The number of carbonyl (C=O) groups excluding carboxylic acids is 2. The van der Waals surface area contributed by atoms with E-state index in [1.165, 1.54) is 17.4 Å². The fourth-order valence-electron chi connectivity index (χ4n) is 2.80. The molecule has 0 aliphatic carbocycles. The quantitative estimate of drug-likeness (QED) is 0.668. The van der Waals surface area contributed by atoms with Gasteiger partial charge in [0.2, 0.25) is 5.91 Å². The first kappa shape index (κ1) is 19.9. The number of nitrogens with zero attached hydrogens (tertiary/aromatic N) is 1. The molecule has 3 aromatic rings. The average Bonchev–Trinajstić information content (AvgIpc) is 2.98. The minimum Gasteiger partial charge on any atom is -0.340 e. The number of anilines is 1. The maximum atomic E-state index is 13.8. The molecule has 0 saturated carbocycles. The van der Waals surface area contributed by atoms with Crippen LogP contribution in [-0.4, -0.2) is 22.8 Å². The molecule has 3 rings (SSSR count). The number of aromatic nitrogens is 1. The topological polar surface area (TPSA) is 71.1 Å². The van der Waals surface area contributed by atoms with Gasteiger partial charge in [-0.3, -0.25) is 9.59 Å². The molecule has 0 aliphatic rings. The van der Waals surface area contributed by atoms with Crippen LogP contribution < -0.4 is 10.6 Å². The number of nitrogens with one attached hydrogen (secondary N) is 2. The van der Waals surface area contributed by atoms with E-state index in [1.54, 1.807) is 32.0 Å². The zero-order valence-electron chi connectivity index (χ0n) is 15.5. The Balaban J connectivity index is 1.78. The van der Waals surface area contributed by atoms with Gasteiger partial charge < -0.3 is 10.6 Å². The summed E-state index contributed by atoms with van der Waals surface area (Å²) in [6, 6.07) is 7.51. The van der Waals surface area contributed by atoms with Crippen LogP contribution in [0.25, 0.3) is 10.2 Å². The first-order chi connectivity index (χ1) is 13.3. The number of halogens is 2. The highest BCUT2D eigenvalue weighted by molar-refractivity contribution is 7.18. The van der Waals surface area contributed by atoms with E-state index in [2.05, 4.69) is 15.6 Å². The first-order valence-electron chi connectivity index (χ1n) is 8.69. The third kappa shape index (κ3) is 4.17. The van der Waals surface area contributed by atoms with E-state index in [-0.39, 0.29) is 5.92 Å². The number of rotatable bonds is 5. The molecule has 28 heavy (non-hydrogen) atoms. The van der Waals surface area contributed by atoms with Crippen molar-refractivity contribution in [2.24, 2.45) is 5.92 Å². The van der Waals surface area contributed by atoms with Gasteiger partial charge in [-0.2, -0.15) is 0 Å². The van der Waals surface area contributed by atoms with Gasteiger partial charge in [0.1, 0.15) is 23.2 Å². The molecule has 0 spiro atoms. The van der Waals surface area contributed by atoms with E-state index in [0.29, 0.717) is 5.69 Å². The van der Waals surface area contributed by atoms with Crippen molar-refractivity contribution in [3.05, 3.63) is 58.6 Å². The summed E-state index contributed by atoms with van der Waals surface area (Å²) in [5.41, 5.74) is 0.685. The van der Waals surface area contributed by atoms with Crippen LogP contribution in [0, 0.1) is 24.5 Å². The molecule has 1 heterocycles. The van der Waals surface area contributed by atoms with E-state index < -0.39 is 35.1 Å². The average molecular weight is 403 g/mol. The molecule has 0 aliphatic heterocycles. The van der Waals surface area contributed by atoms with Gasteiger partial charge in [-0.1, -0.05) is 19.9 Å². The molecule has 2 aromatic carbocycles. The Kier molecular flexibility index (Phi) is 5.69. The van der Waals surface area contributed by atoms with Crippen molar-refractivity contribution in [2.75, 3.05) is 5.32 Å². The molecule has 2 N–H and O–H groups in total. The predicted molar refractivity (Wildman–Crippen MR) is 105 cm³/mol. The maximum Gasteiger partial charge on any atom is 0.257 e. The van der Waals surface area contributed by atoms with E-state index >= 15 is 0 Å². The fraction of sp³-hybridized carbons (Fsp3) is 0.250. The van der Waals surface area contributed by atoms with Crippen molar-refractivity contribution in [3.63, 3.8) is 0 Å². The summed E-state index contributed by atoms with van der Waals surface area (Å²) >= 11 is 1.50. The second-order valence-electron chi connectivity index (χ2n) is 6.70. The van der Waals surface area contributed by atoms with Crippen molar-refractivity contribution in [1.29, 1.82) is 0 Å². The van der Waals surface area contributed by atoms with Crippen LogP contribution in [0.2, 0.25) is 0 Å². The van der Waals surface area contributed by atoms with Crippen molar-refractivity contribution in [3.8, 4) is 0 Å². The molecular weight excluding hydrogens is 384 g/mol. The van der Waals surface area contributed by atoms with Crippen LogP contribution >= 0.6 is 11.3 Å². The zero-order valence-corrected chi connectivity index (χ0v) is 16.4. The molecule has 0 unspecified atom stereocenters. The highest BCUT2D eigenvalue weighted by atomic mass is 32.1. The largest absolute Gasteiger partial charge is 0.340 e. The minimum atomic E-state index is -0.980. The minimum absolute atomic E-state index is 0.298. The normalized spacial score (nSPS) is 12.2. The number of amides is 2. The number of thiazole rings is 1. The summed E-state index contributed by atoms with van der Waals surface area (Å²) < 4.78 is 28.6. The fourth-order valence-corrected chi connectivity index (χ4v) is 3.67. The number of aryl methyl sites for hydroxylation is 1. The monoisotopic (exact) mass is 403 g/mol. The van der Waals surface area contributed by atoms with Gasteiger partial charge in [-0.25, -0.2) is 13.8 Å². The van der Waals surface area contributed by atoms with E-state index in [9.17, 15) is 18.4 Å². The third-order valence-electron chi connectivity index (χ3n) is 4.19. The standard InChI is InChI=1S/C20H19F2N3O2S/c1-10(2)18(25-19(26)17-13(21)5-4-6-14(17)22)20(27)24-12-7-8-15-16(9-12)28-11(3)23-15/h4-10,18H,1-3H3,(H,24,27)(H,25,26)/t18-/m0/s1. The van der Waals surface area contributed by atoms with E-state index in [0.717, 1.165) is 27.4 Å². The SMILES string of the molecule is Cc1nc2ccc(NC(=O)[C@@H](NC(=O)c3c(F)cccc3F)C(C)C)cc2s1. The van der Waals surface area contributed by atoms with Gasteiger partial charge in [0.05, 0.1) is 15.2 Å². The lowest BCUT2D eigenvalue weighted by Gasteiger charge is -2.22. The highest BCUT2D eigenvalue weighted by Crippen LogP contribution is 2.25. The first-order valence-corrected chi connectivity index (χ1v) is 9.51. The molecule has 146 valence electrons. The summed E-state index contributed by atoms with van der Waals surface area (Å²) in [7, 11) is 0. The maximum absolute atomic E-state index is 13.8. The molecule has 2 amide bonds. The van der Waals surface area contributed by atoms with Crippen LogP contribution in [0.4, 0.5) is 14.5 Å². The van der Waals surface area contributed by atoms with E-state index in [4.69, 9.17) is 0 Å². The molecule has 0 radical (unpaired) electrons. The molecular formula is C20H19F2N3O2S. The second kappa shape index (κ2) is 8.02. The van der Waals surface area contributed by atoms with Gasteiger partial charge in [0, 0.05) is 5.69 Å². The van der Waals surface area contributed by atoms with Crippen molar-refractivity contribution in [2.45, 2.75) is 26.8 Å². The van der Waals surface area contributed by atoms with Crippen molar-refractivity contribution in [1.82, 2.24) is 10.3 Å². The highest BCUT2D eigenvalue weighted by Gasteiger charge is 2.27. The molecule has 8 heteroatoms. The van der Waals surface area contributed by atoms with Gasteiger partial charge in [-0.05, 0) is 43.2 Å². The molecule has 5 nitrogen and oxygen atoms in total. The molecule has 1 aromatic heterocycles. The van der Waals surface area contributed by atoms with Crippen LogP contribution in [0.5, 0.6) is 0 Å². The lowest BCUT2D eigenvalue weighted by molar-refractivity contribution is -0.118. The van der Waals surface area contributed by atoms with Crippen LogP contribution in [0.1, 0.15) is 29.2 Å². The van der Waals surface area contributed by atoms with Crippen LogP contribution in [0.15, 0.2) is 36.4 Å².